The van der Waals surface area contributed by atoms with Gasteiger partial charge in [-0.15, -0.1) is 22.7 Å². The van der Waals surface area contributed by atoms with Crippen LogP contribution in [0.5, 0.6) is 23.0 Å². The number of nitrogen functional groups attached to an aromatic ring is 2. The second kappa shape index (κ2) is 11.7. The maximum absolute atomic E-state index is 13.1. The molecule has 0 fully saturated rings. The summed E-state index contributed by atoms with van der Waals surface area (Å²) in [6.45, 7) is 0. The van der Waals surface area contributed by atoms with Gasteiger partial charge in [0.05, 0.1) is 20.8 Å². The Hall–Kier alpha value is -5.32. The van der Waals surface area contributed by atoms with Gasteiger partial charge in [-0.05, 0) is 72.8 Å². The van der Waals surface area contributed by atoms with Crippen LogP contribution in [0.2, 0.25) is 0 Å². The van der Waals surface area contributed by atoms with E-state index in [1.165, 1.54) is 22.7 Å². The molecule has 0 atom stereocenters. The number of para-hydroxylation sites is 2. The molecule has 0 spiro atoms. The number of hydrogen-bond donors (Lipinski definition) is 4. The van der Waals surface area contributed by atoms with Crippen molar-refractivity contribution >= 4 is 66.6 Å². The molecule has 0 saturated carbocycles. The van der Waals surface area contributed by atoms with Gasteiger partial charge in [-0.2, -0.15) is 0 Å². The monoisotopic (exact) mass is 592 g/mol. The number of carbonyl (C=O) groups is 2. The Labute approximate surface area is 249 Å². The molecule has 0 radical (unpaired) electrons. The van der Waals surface area contributed by atoms with Crippen LogP contribution in [-0.4, -0.2) is 11.8 Å². The van der Waals surface area contributed by atoms with Crippen LogP contribution in [0.4, 0.5) is 22.7 Å². The normalized spacial score (nSPS) is 10.8. The molecule has 10 heteroatoms. The van der Waals surface area contributed by atoms with Crippen molar-refractivity contribution < 1.29 is 19.1 Å². The van der Waals surface area contributed by atoms with Crippen molar-refractivity contribution in [3.05, 3.63) is 119 Å². The summed E-state index contributed by atoms with van der Waals surface area (Å²) in [5, 5.41) is 6.23. The van der Waals surface area contributed by atoms with Gasteiger partial charge in [0.25, 0.3) is 11.8 Å². The van der Waals surface area contributed by atoms with E-state index in [2.05, 4.69) is 10.6 Å². The summed E-state index contributed by atoms with van der Waals surface area (Å²) in [6.07, 6.45) is 0. The van der Waals surface area contributed by atoms with Crippen molar-refractivity contribution in [1.82, 2.24) is 0 Å². The van der Waals surface area contributed by atoms with Crippen LogP contribution in [-0.2, 0) is 0 Å². The first kappa shape index (κ1) is 26.9. The van der Waals surface area contributed by atoms with Gasteiger partial charge in [0.15, 0.2) is 0 Å². The lowest BCUT2D eigenvalue weighted by Crippen LogP contribution is -2.13. The summed E-state index contributed by atoms with van der Waals surface area (Å²) >= 11 is 2.40. The zero-order valence-corrected chi connectivity index (χ0v) is 23.6. The van der Waals surface area contributed by atoms with Gasteiger partial charge >= 0.3 is 0 Å². The maximum Gasteiger partial charge on any atom is 0.267 e. The molecule has 6 aromatic rings. The van der Waals surface area contributed by atoms with Crippen molar-refractivity contribution in [2.75, 3.05) is 22.1 Å². The number of ether oxygens (including phenoxy) is 2. The van der Waals surface area contributed by atoms with E-state index in [9.17, 15) is 9.59 Å². The predicted octanol–water partition coefficient (Wildman–Crippen LogP) is 8.22. The number of amides is 2. The van der Waals surface area contributed by atoms with Crippen LogP contribution in [0, 0.1) is 0 Å². The second-order valence-corrected chi connectivity index (χ2v) is 11.4. The van der Waals surface area contributed by atoms with E-state index in [0.717, 1.165) is 11.5 Å². The number of rotatable bonds is 8. The van der Waals surface area contributed by atoms with Gasteiger partial charge < -0.3 is 31.6 Å². The second-order valence-electron chi connectivity index (χ2n) is 9.14. The van der Waals surface area contributed by atoms with Crippen molar-refractivity contribution in [2.45, 2.75) is 0 Å². The summed E-state index contributed by atoms with van der Waals surface area (Å²) in [5.41, 5.74) is 14.4. The molecule has 0 aliphatic carbocycles. The van der Waals surface area contributed by atoms with E-state index in [0.29, 0.717) is 42.0 Å². The molecule has 0 bridgehead atoms. The fourth-order valence-electron chi connectivity index (χ4n) is 4.19. The number of anilines is 4. The van der Waals surface area contributed by atoms with Gasteiger partial charge in [0, 0.05) is 11.4 Å². The van der Waals surface area contributed by atoms with Gasteiger partial charge in [0.1, 0.15) is 32.8 Å². The largest absolute Gasteiger partial charge is 0.457 e. The molecule has 6 rings (SSSR count). The molecule has 6 N–H and O–H groups in total. The Bertz CT molecular complexity index is 1730. The fraction of sp³-hybridized carbons (Fsp3) is 0. The van der Waals surface area contributed by atoms with E-state index in [-0.39, 0.29) is 23.2 Å². The topological polar surface area (TPSA) is 129 Å². The number of nitrogens with two attached hydrogens (primary N) is 2. The average molecular weight is 593 g/mol. The molecular formula is C32H24N4O4S2. The van der Waals surface area contributed by atoms with E-state index in [1.807, 2.05) is 60.7 Å². The molecule has 0 saturated heterocycles. The van der Waals surface area contributed by atoms with Gasteiger partial charge in [-0.1, -0.05) is 36.4 Å². The minimum Gasteiger partial charge on any atom is -0.457 e. The van der Waals surface area contributed by atoms with E-state index in [1.54, 1.807) is 48.5 Å². The fourth-order valence-corrected chi connectivity index (χ4v) is 6.58. The highest BCUT2D eigenvalue weighted by molar-refractivity contribution is 7.40. The molecule has 2 amide bonds. The maximum atomic E-state index is 13.1. The molecular weight excluding hydrogens is 569 g/mol. The molecule has 208 valence electrons. The Balaban J connectivity index is 1.12. The van der Waals surface area contributed by atoms with Crippen molar-refractivity contribution in [2.24, 2.45) is 0 Å². The smallest absolute Gasteiger partial charge is 0.267 e. The molecule has 4 aromatic carbocycles. The van der Waals surface area contributed by atoms with Crippen LogP contribution >= 0.6 is 22.7 Å². The average Bonchev–Trinajstić information content (AvgIpc) is 3.52. The minimum atomic E-state index is -0.360. The van der Waals surface area contributed by atoms with E-state index in [4.69, 9.17) is 20.9 Å². The first-order chi connectivity index (χ1) is 20.4. The summed E-state index contributed by atoms with van der Waals surface area (Å²) in [7, 11) is 0. The Morgan fingerprint density at radius 2 is 0.881 bits per heavy atom. The molecule has 0 unspecified atom stereocenters. The molecule has 8 nitrogen and oxygen atoms in total. The molecule has 2 aromatic heterocycles. The quantitative estimate of drug-likeness (QED) is 0.141. The zero-order valence-electron chi connectivity index (χ0n) is 22.0. The highest BCUT2D eigenvalue weighted by Crippen LogP contribution is 2.45. The number of carbonyl (C=O) groups excluding carboxylic acids is 2. The van der Waals surface area contributed by atoms with Gasteiger partial charge in [-0.3, -0.25) is 9.59 Å². The lowest BCUT2D eigenvalue weighted by Gasteiger charge is -2.08. The highest BCUT2D eigenvalue weighted by Gasteiger charge is 2.25. The standard InChI is InChI=1S/C32H24N4O4S2/c33-26-25-27(34)29(31(38)36-20-13-17-24(18-14-20)40-22-9-5-2-6-10-22)42-32(25)41-28(26)30(37)35-19-11-15-23(16-12-19)39-21-7-3-1-4-8-21/h1-18H,33-34H2,(H,35,37)(H,36,38). The Morgan fingerprint density at radius 3 is 1.24 bits per heavy atom. The summed E-state index contributed by atoms with van der Waals surface area (Å²) in [6, 6.07) is 32.9. The lowest BCUT2D eigenvalue weighted by atomic mass is 10.2. The first-order valence-corrected chi connectivity index (χ1v) is 14.5. The number of thiophene rings is 2. The Morgan fingerprint density at radius 1 is 0.524 bits per heavy atom. The van der Waals surface area contributed by atoms with E-state index >= 15 is 0 Å². The third kappa shape index (κ3) is 5.75. The number of hydrogen-bond acceptors (Lipinski definition) is 8. The minimum absolute atomic E-state index is 0.242. The van der Waals surface area contributed by atoms with Crippen molar-refractivity contribution in [3.63, 3.8) is 0 Å². The van der Waals surface area contributed by atoms with E-state index < -0.39 is 0 Å². The van der Waals surface area contributed by atoms with Crippen molar-refractivity contribution in [1.29, 1.82) is 0 Å². The molecule has 0 aliphatic rings. The molecule has 0 aliphatic heterocycles. The van der Waals surface area contributed by atoms with Crippen LogP contribution in [0.3, 0.4) is 0 Å². The van der Waals surface area contributed by atoms with Crippen molar-refractivity contribution in [3.8, 4) is 23.0 Å². The third-order valence-electron chi connectivity index (χ3n) is 6.22. The molecule has 2 heterocycles. The molecule has 42 heavy (non-hydrogen) atoms. The number of fused-ring (bicyclic) bond motifs is 1. The van der Waals surface area contributed by atoms with Crippen LogP contribution < -0.4 is 31.6 Å². The number of nitrogens with one attached hydrogen (secondary N) is 2. The number of benzene rings is 4. The third-order valence-corrected chi connectivity index (χ3v) is 8.71. The van der Waals surface area contributed by atoms with Crippen LogP contribution in [0.15, 0.2) is 109 Å². The lowest BCUT2D eigenvalue weighted by molar-refractivity contribution is 0.102. The SMILES string of the molecule is Nc1c(C(=O)Nc2ccc(Oc3ccccc3)cc2)sc2sc(C(=O)Nc3ccc(Oc4ccccc4)cc3)c(N)c12. The highest BCUT2D eigenvalue weighted by atomic mass is 32.2. The summed E-state index contributed by atoms with van der Waals surface area (Å²) in [5.74, 6) is 2.01. The Kier molecular flexibility index (Phi) is 7.46. The van der Waals surface area contributed by atoms with Gasteiger partial charge in [0.2, 0.25) is 0 Å². The summed E-state index contributed by atoms with van der Waals surface area (Å²) in [4.78, 5) is 26.8. The van der Waals surface area contributed by atoms with Crippen LogP contribution in [0.25, 0.3) is 9.40 Å². The van der Waals surface area contributed by atoms with Crippen LogP contribution in [0.1, 0.15) is 19.3 Å². The zero-order chi connectivity index (χ0) is 29.1. The van der Waals surface area contributed by atoms with Gasteiger partial charge in [-0.25, -0.2) is 0 Å². The first-order valence-electron chi connectivity index (χ1n) is 12.8. The predicted molar refractivity (Wildman–Crippen MR) is 170 cm³/mol. The summed E-state index contributed by atoms with van der Waals surface area (Å²) < 4.78 is 12.3.